The fourth-order valence-electron chi connectivity index (χ4n) is 2.64. The fourth-order valence-corrected chi connectivity index (χ4v) is 3.44. The zero-order chi connectivity index (χ0) is 20.2. The van der Waals surface area contributed by atoms with E-state index in [1.54, 1.807) is 53.3 Å². The van der Waals surface area contributed by atoms with Crippen molar-refractivity contribution >= 4 is 46.1 Å². The Balaban J connectivity index is 1.40. The summed E-state index contributed by atoms with van der Waals surface area (Å²) in [6.45, 7) is 0. The SMILES string of the molecule is O=C(Nc1ccc(NC(=O)c2cccs2)cc1)c1cnn(-c2cccc(Cl)c2)c1. The van der Waals surface area contributed by atoms with Gasteiger partial charge in [-0.3, -0.25) is 9.59 Å². The van der Waals surface area contributed by atoms with Crippen LogP contribution in [-0.2, 0) is 0 Å². The van der Waals surface area contributed by atoms with Gasteiger partial charge in [0.05, 0.1) is 22.3 Å². The molecule has 144 valence electrons. The Morgan fingerprint density at radius 1 is 0.931 bits per heavy atom. The molecule has 4 rings (SSSR count). The van der Waals surface area contributed by atoms with Crippen LogP contribution in [0.1, 0.15) is 20.0 Å². The molecule has 2 aromatic heterocycles. The number of amides is 2. The minimum Gasteiger partial charge on any atom is -0.322 e. The molecule has 2 amide bonds. The number of hydrogen-bond acceptors (Lipinski definition) is 4. The number of nitrogens with one attached hydrogen (secondary N) is 2. The first-order valence-corrected chi connectivity index (χ1v) is 9.91. The fraction of sp³-hybridized carbons (Fsp3) is 0. The van der Waals surface area contributed by atoms with Crippen LogP contribution in [0.15, 0.2) is 78.4 Å². The van der Waals surface area contributed by atoms with Gasteiger partial charge in [-0.25, -0.2) is 4.68 Å². The van der Waals surface area contributed by atoms with E-state index in [0.29, 0.717) is 26.8 Å². The van der Waals surface area contributed by atoms with Crippen molar-refractivity contribution in [2.24, 2.45) is 0 Å². The Bertz CT molecular complexity index is 1150. The first-order valence-electron chi connectivity index (χ1n) is 8.65. The quantitative estimate of drug-likeness (QED) is 0.470. The lowest BCUT2D eigenvalue weighted by Gasteiger charge is -2.07. The van der Waals surface area contributed by atoms with Crippen LogP contribution >= 0.6 is 22.9 Å². The van der Waals surface area contributed by atoms with Gasteiger partial charge in [0, 0.05) is 22.6 Å². The third kappa shape index (κ3) is 4.53. The highest BCUT2D eigenvalue weighted by Gasteiger charge is 2.11. The molecule has 2 heterocycles. The molecule has 2 N–H and O–H groups in total. The summed E-state index contributed by atoms with van der Waals surface area (Å²) in [4.78, 5) is 25.2. The zero-order valence-electron chi connectivity index (χ0n) is 15.0. The topological polar surface area (TPSA) is 76.0 Å². The van der Waals surface area contributed by atoms with Crippen LogP contribution in [0.2, 0.25) is 5.02 Å². The number of halogens is 1. The maximum atomic E-state index is 12.5. The van der Waals surface area contributed by atoms with Gasteiger partial charge in [-0.15, -0.1) is 11.3 Å². The Morgan fingerprint density at radius 3 is 2.31 bits per heavy atom. The highest BCUT2D eigenvalue weighted by atomic mass is 35.5. The molecule has 2 aromatic carbocycles. The lowest BCUT2D eigenvalue weighted by atomic mass is 10.2. The third-order valence-corrected chi connectivity index (χ3v) is 5.17. The molecular formula is C21H15ClN4O2S. The molecule has 0 unspecified atom stereocenters. The molecule has 6 nitrogen and oxygen atoms in total. The number of hydrogen-bond donors (Lipinski definition) is 2. The summed E-state index contributed by atoms with van der Waals surface area (Å²) in [6, 6.07) is 17.7. The first-order chi connectivity index (χ1) is 14.1. The van der Waals surface area contributed by atoms with E-state index in [2.05, 4.69) is 15.7 Å². The van der Waals surface area contributed by atoms with Crippen LogP contribution < -0.4 is 10.6 Å². The second-order valence-corrected chi connectivity index (χ2v) is 7.50. The molecule has 8 heteroatoms. The molecule has 0 atom stereocenters. The van der Waals surface area contributed by atoms with Crippen molar-refractivity contribution in [1.82, 2.24) is 9.78 Å². The summed E-state index contributed by atoms with van der Waals surface area (Å²) < 4.78 is 1.59. The summed E-state index contributed by atoms with van der Waals surface area (Å²) in [5.41, 5.74) is 2.44. The van der Waals surface area contributed by atoms with Gasteiger partial charge in [-0.05, 0) is 53.9 Å². The normalized spacial score (nSPS) is 10.5. The minimum absolute atomic E-state index is 0.162. The number of thiophene rings is 1. The Morgan fingerprint density at radius 2 is 1.66 bits per heavy atom. The van der Waals surface area contributed by atoms with Crippen LogP contribution in [0.3, 0.4) is 0 Å². The Labute approximate surface area is 175 Å². The molecule has 4 aromatic rings. The summed E-state index contributed by atoms with van der Waals surface area (Å²) in [5, 5.41) is 12.3. The minimum atomic E-state index is -0.284. The van der Waals surface area contributed by atoms with Crippen molar-refractivity contribution in [2.75, 3.05) is 10.6 Å². The van der Waals surface area contributed by atoms with E-state index in [-0.39, 0.29) is 11.8 Å². The number of rotatable bonds is 5. The van der Waals surface area contributed by atoms with Crippen LogP contribution in [0, 0.1) is 0 Å². The molecule has 0 aliphatic heterocycles. The van der Waals surface area contributed by atoms with Crippen molar-refractivity contribution in [1.29, 1.82) is 0 Å². The lowest BCUT2D eigenvalue weighted by Crippen LogP contribution is -2.12. The molecular weight excluding hydrogens is 408 g/mol. The highest BCUT2D eigenvalue weighted by Crippen LogP contribution is 2.18. The predicted molar refractivity (Wildman–Crippen MR) is 115 cm³/mol. The summed E-state index contributed by atoms with van der Waals surface area (Å²) >= 11 is 7.37. The molecule has 29 heavy (non-hydrogen) atoms. The average Bonchev–Trinajstić information content (AvgIpc) is 3.42. The van der Waals surface area contributed by atoms with E-state index >= 15 is 0 Å². The van der Waals surface area contributed by atoms with Crippen LogP contribution in [0.5, 0.6) is 0 Å². The molecule has 0 fully saturated rings. The lowest BCUT2D eigenvalue weighted by molar-refractivity contribution is 0.102. The van der Waals surface area contributed by atoms with Gasteiger partial charge >= 0.3 is 0 Å². The van der Waals surface area contributed by atoms with Gasteiger partial charge in [0.2, 0.25) is 0 Å². The van der Waals surface area contributed by atoms with E-state index in [9.17, 15) is 9.59 Å². The van der Waals surface area contributed by atoms with Crippen LogP contribution in [-0.4, -0.2) is 21.6 Å². The van der Waals surface area contributed by atoms with Gasteiger partial charge in [0.1, 0.15) is 0 Å². The second kappa shape index (κ2) is 8.30. The van der Waals surface area contributed by atoms with Crippen LogP contribution in [0.4, 0.5) is 11.4 Å². The number of carbonyl (C=O) groups is 2. The average molecular weight is 423 g/mol. The monoisotopic (exact) mass is 422 g/mol. The van der Waals surface area contributed by atoms with Crippen molar-refractivity contribution in [3.05, 3.63) is 93.9 Å². The second-order valence-electron chi connectivity index (χ2n) is 6.12. The number of aromatic nitrogens is 2. The van der Waals surface area contributed by atoms with Gasteiger partial charge in [-0.1, -0.05) is 23.7 Å². The van der Waals surface area contributed by atoms with E-state index < -0.39 is 0 Å². The van der Waals surface area contributed by atoms with Crippen LogP contribution in [0.25, 0.3) is 5.69 Å². The maximum absolute atomic E-state index is 12.5. The molecule has 0 saturated carbocycles. The van der Waals surface area contributed by atoms with E-state index in [0.717, 1.165) is 5.69 Å². The Hall–Kier alpha value is -3.42. The third-order valence-electron chi connectivity index (χ3n) is 4.06. The molecule has 0 bridgehead atoms. The largest absolute Gasteiger partial charge is 0.322 e. The summed E-state index contributed by atoms with van der Waals surface area (Å²) in [7, 11) is 0. The number of anilines is 2. The van der Waals surface area contributed by atoms with Crippen molar-refractivity contribution in [3.63, 3.8) is 0 Å². The molecule has 0 saturated heterocycles. The van der Waals surface area contributed by atoms with Gasteiger partial charge in [-0.2, -0.15) is 5.10 Å². The Kier molecular flexibility index (Phi) is 5.41. The van der Waals surface area contributed by atoms with E-state index in [1.807, 2.05) is 23.6 Å². The number of nitrogens with zero attached hydrogens (tertiary/aromatic N) is 2. The summed E-state index contributed by atoms with van der Waals surface area (Å²) in [5.74, 6) is -0.445. The predicted octanol–water partition coefficient (Wildman–Crippen LogP) is 5.09. The number of benzene rings is 2. The molecule has 0 aliphatic carbocycles. The summed E-state index contributed by atoms with van der Waals surface area (Å²) in [6.07, 6.45) is 3.13. The van der Waals surface area contributed by atoms with Crippen molar-refractivity contribution in [3.8, 4) is 5.69 Å². The van der Waals surface area contributed by atoms with E-state index in [4.69, 9.17) is 11.6 Å². The molecule has 0 aliphatic rings. The molecule has 0 radical (unpaired) electrons. The van der Waals surface area contributed by atoms with E-state index in [1.165, 1.54) is 17.5 Å². The smallest absolute Gasteiger partial charge is 0.265 e. The standard InChI is InChI=1S/C21H15ClN4O2S/c22-15-3-1-4-18(11-15)26-13-14(12-23-26)20(27)24-16-6-8-17(9-7-16)25-21(28)19-5-2-10-29-19/h1-13H,(H,24,27)(H,25,28). The highest BCUT2D eigenvalue weighted by molar-refractivity contribution is 7.12. The maximum Gasteiger partial charge on any atom is 0.265 e. The zero-order valence-corrected chi connectivity index (χ0v) is 16.6. The molecule has 0 spiro atoms. The van der Waals surface area contributed by atoms with Gasteiger partial charge < -0.3 is 10.6 Å². The van der Waals surface area contributed by atoms with Gasteiger partial charge in [0.25, 0.3) is 11.8 Å². The van der Waals surface area contributed by atoms with Crippen molar-refractivity contribution in [2.45, 2.75) is 0 Å². The number of carbonyl (C=O) groups excluding carboxylic acids is 2. The first kappa shape index (κ1) is 18.9. The van der Waals surface area contributed by atoms with Crippen molar-refractivity contribution < 1.29 is 9.59 Å². The van der Waals surface area contributed by atoms with Gasteiger partial charge in [0.15, 0.2) is 0 Å².